The molecule has 0 unspecified atom stereocenters. The smallest absolute Gasteiger partial charge is 0.334 e. The molecule has 0 atom stereocenters. The van der Waals surface area contributed by atoms with Gasteiger partial charge in [-0.3, -0.25) is 0 Å². The summed E-state index contributed by atoms with van der Waals surface area (Å²) in [4.78, 5) is 8.09. The van der Waals surface area contributed by atoms with Crippen LogP contribution in [0.1, 0.15) is 199 Å². The minimum Gasteiger partial charge on any atom is -0.376 e. The first-order chi connectivity index (χ1) is 43.2. The molecule has 0 saturated heterocycles. The highest BCUT2D eigenvalue weighted by molar-refractivity contribution is 7.26. The monoisotopic (exact) mass is 1230 g/mol. The molecule has 0 fully saturated rings. The van der Waals surface area contributed by atoms with Crippen molar-refractivity contribution in [3.63, 3.8) is 0 Å². The largest absolute Gasteiger partial charge is 0.376 e. The molecule has 92 heavy (non-hydrogen) atoms. The summed E-state index contributed by atoms with van der Waals surface area (Å²) < 4.78 is 1.36. The Morgan fingerprint density at radius 2 is 0.924 bits per heavy atom. The fourth-order valence-electron chi connectivity index (χ4n) is 16.4. The summed E-state index contributed by atoms with van der Waals surface area (Å²) in [5.74, 6) is 0. The lowest BCUT2D eigenvalue weighted by Crippen LogP contribution is -2.61. The Kier molecular flexibility index (Phi) is 14.3. The maximum atomic E-state index is 2.82. The summed E-state index contributed by atoms with van der Waals surface area (Å²) in [5.41, 5.74) is 32.3. The van der Waals surface area contributed by atoms with E-state index in [1.807, 2.05) is 11.3 Å². The minimum absolute atomic E-state index is 0.00530. The van der Waals surface area contributed by atoms with Crippen molar-refractivity contribution in [3.8, 4) is 33.4 Å². The number of hydrogen-bond acceptors (Lipinski definition) is 4. The van der Waals surface area contributed by atoms with Crippen molar-refractivity contribution >= 4 is 84.0 Å². The molecule has 3 nitrogen and oxygen atoms in total. The van der Waals surface area contributed by atoms with E-state index in [-0.39, 0.29) is 44.8 Å². The van der Waals surface area contributed by atoms with Gasteiger partial charge in [-0.15, -0.1) is 11.3 Å². The molecule has 0 N–H and O–H groups in total. The van der Waals surface area contributed by atoms with Gasteiger partial charge in [-0.2, -0.15) is 0 Å². The van der Waals surface area contributed by atoms with Crippen LogP contribution in [0.3, 0.4) is 0 Å². The summed E-state index contributed by atoms with van der Waals surface area (Å²) in [6, 6.07) is 67.9. The Labute approximate surface area is 556 Å². The van der Waals surface area contributed by atoms with Crippen molar-refractivity contribution in [1.82, 2.24) is 0 Å². The highest BCUT2D eigenvalue weighted by Crippen LogP contribution is 2.57. The van der Waals surface area contributed by atoms with Gasteiger partial charge >= 0.3 is 6.85 Å². The summed E-state index contributed by atoms with van der Waals surface area (Å²) in [6.07, 6.45) is 4.61. The molecule has 0 amide bonds. The zero-order chi connectivity index (χ0) is 65.3. The maximum Gasteiger partial charge on any atom is 0.334 e. The average Bonchev–Trinajstić information content (AvgIpc) is 1.29. The quantitative estimate of drug-likeness (QED) is 0.147. The van der Waals surface area contributed by atoms with Gasteiger partial charge in [0.25, 0.3) is 0 Å². The lowest BCUT2D eigenvalue weighted by molar-refractivity contribution is 0.332. The van der Waals surface area contributed by atoms with E-state index < -0.39 is 0 Å². The van der Waals surface area contributed by atoms with E-state index in [4.69, 9.17) is 0 Å². The Bertz CT molecular complexity index is 4530. The zero-order valence-corrected chi connectivity index (χ0v) is 59.6. The summed E-state index contributed by atoms with van der Waals surface area (Å²) in [5, 5.41) is 2.67. The summed E-state index contributed by atoms with van der Waals surface area (Å²) in [6.45, 7) is 47.6. The Hall–Kier alpha value is -7.60. The number of anilines is 8. The van der Waals surface area contributed by atoms with E-state index in [0.29, 0.717) is 0 Å². The van der Waals surface area contributed by atoms with Gasteiger partial charge in [-0.1, -0.05) is 202 Å². The third kappa shape index (κ3) is 10.2. The maximum absolute atomic E-state index is 2.82. The molecule has 2 aliphatic heterocycles. The lowest BCUT2D eigenvalue weighted by Gasteiger charge is -2.47. The SMILES string of the molecule is Cc1cc(C)c(-c2cc3c4c(c2)N(c2ccc(C(C)(C)C)cc2-c2ccccc2)c2sc5cc6c(cc5c2B4N(c2ccc4c(c2)C(C)(C)CCC4(C)C)c2ccc(N(c4ccc(C(C)(C)C)cc4)c4ccc(C(C)(C)C)cc4)cc2-3)C(C)(C)CCC6(C)C)c(C)c1. The number of aryl methyl sites for hydroxylation is 3. The molecule has 0 saturated carbocycles. The van der Waals surface area contributed by atoms with Crippen molar-refractivity contribution < 1.29 is 0 Å². The molecular weight excluding hydrogens is 1130 g/mol. The third-order valence-electron chi connectivity index (χ3n) is 22.1. The van der Waals surface area contributed by atoms with Gasteiger partial charge in [-0.25, -0.2) is 0 Å². The van der Waals surface area contributed by atoms with E-state index in [1.165, 1.54) is 138 Å². The molecule has 3 heterocycles. The van der Waals surface area contributed by atoms with Gasteiger partial charge in [0.2, 0.25) is 0 Å². The predicted molar refractivity (Wildman–Crippen MR) is 402 cm³/mol. The van der Waals surface area contributed by atoms with Crippen molar-refractivity contribution in [1.29, 1.82) is 0 Å². The van der Waals surface area contributed by atoms with E-state index in [1.54, 1.807) is 0 Å². The van der Waals surface area contributed by atoms with Crippen LogP contribution in [0.4, 0.5) is 44.8 Å². The second kappa shape index (κ2) is 21.2. The second-order valence-corrected chi connectivity index (χ2v) is 34.8. The zero-order valence-electron chi connectivity index (χ0n) is 58.8. The van der Waals surface area contributed by atoms with Crippen LogP contribution < -0.4 is 25.5 Å². The Morgan fingerprint density at radius 1 is 0.413 bits per heavy atom. The minimum atomic E-state index is -0.192. The number of thiophene rings is 1. The average molecular weight is 1230 g/mol. The predicted octanol–water partition coefficient (Wildman–Crippen LogP) is 23.9. The summed E-state index contributed by atoms with van der Waals surface area (Å²) in [7, 11) is 0. The van der Waals surface area contributed by atoms with Gasteiger partial charge < -0.3 is 14.6 Å². The lowest BCUT2D eigenvalue weighted by atomic mass is 9.43. The van der Waals surface area contributed by atoms with E-state index in [0.717, 1.165) is 42.7 Å². The molecule has 5 heteroatoms. The number of benzene rings is 9. The Morgan fingerprint density at radius 3 is 1.49 bits per heavy atom. The van der Waals surface area contributed by atoms with Gasteiger partial charge in [0, 0.05) is 50.0 Å². The van der Waals surface area contributed by atoms with Crippen molar-refractivity contribution in [3.05, 3.63) is 225 Å². The number of fused-ring (bicyclic) bond motifs is 8. The second-order valence-electron chi connectivity index (χ2n) is 33.8. The van der Waals surface area contributed by atoms with Gasteiger partial charge in [-0.05, 0) is 264 Å². The van der Waals surface area contributed by atoms with Crippen LogP contribution in [-0.4, -0.2) is 6.85 Å². The van der Waals surface area contributed by atoms with Gasteiger partial charge in [0.1, 0.15) is 0 Å². The van der Waals surface area contributed by atoms with E-state index in [9.17, 15) is 0 Å². The molecule has 0 bridgehead atoms. The summed E-state index contributed by atoms with van der Waals surface area (Å²) >= 11 is 2.01. The molecule has 10 aromatic rings. The topological polar surface area (TPSA) is 9.72 Å². The number of rotatable bonds is 7. The van der Waals surface area contributed by atoms with Crippen LogP contribution in [0.25, 0.3) is 43.5 Å². The molecule has 14 rings (SSSR count). The van der Waals surface area contributed by atoms with Crippen molar-refractivity contribution in [2.45, 2.75) is 202 Å². The molecular formula is C87H96BN3S. The van der Waals surface area contributed by atoms with Crippen LogP contribution in [-0.2, 0) is 37.9 Å². The van der Waals surface area contributed by atoms with Crippen molar-refractivity contribution in [2.75, 3.05) is 14.6 Å². The van der Waals surface area contributed by atoms with Gasteiger partial charge in [0.15, 0.2) is 0 Å². The molecule has 4 aliphatic rings. The molecule has 1 aromatic heterocycles. The van der Waals surface area contributed by atoms with E-state index >= 15 is 0 Å². The van der Waals surface area contributed by atoms with Crippen LogP contribution in [0.2, 0.25) is 0 Å². The van der Waals surface area contributed by atoms with Crippen LogP contribution >= 0.6 is 11.3 Å². The molecule has 468 valence electrons. The number of nitrogens with zero attached hydrogens (tertiary/aromatic N) is 3. The fraction of sp³-hybridized carbons (Fsp3) is 0.356. The fourth-order valence-corrected chi connectivity index (χ4v) is 17.7. The molecule has 2 aliphatic carbocycles. The van der Waals surface area contributed by atoms with Crippen LogP contribution in [0.15, 0.2) is 170 Å². The first-order valence-corrected chi connectivity index (χ1v) is 35.0. The molecule has 0 radical (unpaired) electrons. The van der Waals surface area contributed by atoms with Crippen molar-refractivity contribution in [2.24, 2.45) is 0 Å². The normalized spacial score (nSPS) is 16.8. The number of hydrogen-bond donors (Lipinski definition) is 0. The molecule has 9 aromatic carbocycles. The molecule has 0 spiro atoms. The van der Waals surface area contributed by atoms with E-state index in [2.05, 4.69) is 323 Å². The van der Waals surface area contributed by atoms with Crippen LogP contribution in [0, 0.1) is 20.8 Å². The van der Waals surface area contributed by atoms with Crippen LogP contribution in [0.5, 0.6) is 0 Å². The van der Waals surface area contributed by atoms with Gasteiger partial charge in [0.05, 0.1) is 10.7 Å². The third-order valence-corrected chi connectivity index (χ3v) is 23.3. The first-order valence-electron chi connectivity index (χ1n) is 34.2. The standard InChI is InChI=1S/C87H96BN3S/c1-53-44-54(2)77(55(3)45-53)57-46-67-66-49-63(89(61-31-26-58(27-32-61)81(4,5)6)62-33-28-59(29-34-62)82(7,8)9)36-39-74(66)91(64-35-37-69-70(50-64)85(15,16)41-40-84(69,13)14)88-78(67)75(47-57)90(73-38-30-60(83(10,11)12)48-65(73)56-24-22-21-23-25-56)80-79(88)68-51-71-72(52-76(68)92-80)87(19,20)43-42-86(71,17)18/h21-39,44-52H,40-43H2,1-20H3. The first kappa shape index (κ1) is 61.9. The Balaban J connectivity index is 1.15. The highest BCUT2D eigenvalue weighted by Gasteiger charge is 2.50. The highest BCUT2D eigenvalue weighted by atomic mass is 32.1.